The minimum absolute atomic E-state index is 0.275. The van der Waals surface area contributed by atoms with Gasteiger partial charge in [0.1, 0.15) is 0 Å². The van der Waals surface area contributed by atoms with Crippen LogP contribution in [0.2, 0.25) is 0 Å². The number of hydrogen-bond acceptors (Lipinski definition) is 3. The van der Waals surface area contributed by atoms with Gasteiger partial charge in [0.2, 0.25) is 0 Å². The summed E-state index contributed by atoms with van der Waals surface area (Å²) in [6.45, 7) is 7.50. The van der Waals surface area contributed by atoms with Crippen molar-refractivity contribution in [1.29, 1.82) is 0 Å². The number of aliphatic hydroxyl groups excluding tert-OH is 1. The molecule has 1 rings (SSSR count). The number of hydrogen-bond donors (Lipinski definition) is 2. The van der Waals surface area contributed by atoms with E-state index in [1.165, 1.54) is 5.56 Å². The van der Waals surface area contributed by atoms with Crippen molar-refractivity contribution in [3.63, 3.8) is 0 Å². The van der Waals surface area contributed by atoms with Gasteiger partial charge >= 0.3 is 0 Å². The molecule has 1 unspecified atom stereocenters. The van der Waals surface area contributed by atoms with E-state index < -0.39 is 0 Å². The van der Waals surface area contributed by atoms with Gasteiger partial charge in [0.25, 0.3) is 0 Å². The minimum atomic E-state index is 0.275. The van der Waals surface area contributed by atoms with Gasteiger partial charge in [-0.15, -0.1) is 0 Å². The van der Waals surface area contributed by atoms with Gasteiger partial charge in [0, 0.05) is 37.0 Å². The van der Waals surface area contributed by atoms with Crippen LogP contribution in [0.15, 0.2) is 12.4 Å². The first-order valence-electron chi connectivity index (χ1n) is 6.00. The van der Waals surface area contributed by atoms with Gasteiger partial charge in [-0.2, -0.15) is 5.10 Å². The number of aliphatic hydroxyl groups is 1. The van der Waals surface area contributed by atoms with Gasteiger partial charge in [0.05, 0.1) is 6.20 Å². The predicted octanol–water partition coefficient (Wildman–Crippen LogP) is 1.71. The Hall–Kier alpha value is -0.870. The molecule has 1 atom stereocenters. The van der Waals surface area contributed by atoms with Gasteiger partial charge in [-0.05, 0) is 33.6 Å². The maximum atomic E-state index is 8.72. The Balaban J connectivity index is 2.31. The molecule has 16 heavy (non-hydrogen) atoms. The van der Waals surface area contributed by atoms with Crippen LogP contribution >= 0.6 is 0 Å². The smallest absolute Gasteiger partial charge is 0.0534 e. The van der Waals surface area contributed by atoms with Gasteiger partial charge in [0.15, 0.2) is 0 Å². The van der Waals surface area contributed by atoms with E-state index in [1.54, 1.807) is 0 Å². The summed E-state index contributed by atoms with van der Waals surface area (Å²) < 4.78 is 1.97. The maximum absolute atomic E-state index is 8.72. The number of aromatic nitrogens is 2. The van der Waals surface area contributed by atoms with Crippen molar-refractivity contribution in [2.45, 2.75) is 52.2 Å². The molecule has 1 aromatic heterocycles. The molecule has 0 aliphatic rings. The van der Waals surface area contributed by atoms with Gasteiger partial charge in [-0.1, -0.05) is 0 Å². The Morgan fingerprint density at radius 1 is 1.44 bits per heavy atom. The Morgan fingerprint density at radius 3 is 2.75 bits per heavy atom. The average Bonchev–Trinajstić information content (AvgIpc) is 2.72. The molecule has 92 valence electrons. The second-order valence-electron chi connectivity index (χ2n) is 4.57. The monoisotopic (exact) mass is 225 g/mol. The molecule has 0 aliphatic heterocycles. The first kappa shape index (κ1) is 13.2. The number of rotatable bonds is 7. The molecule has 1 heterocycles. The number of nitrogens with zero attached hydrogens (tertiary/aromatic N) is 2. The van der Waals surface area contributed by atoms with Crippen molar-refractivity contribution in [2.24, 2.45) is 0 Å². The highest BCUT2D eigenvalue weighted by Gasteiger charge is 2.04. The summed E-state index contributed by atoms with van der Waals surface area (Å²) in [6, 6.07) is 0.857. The lowest BCUT2D eigenvalue weighted by molar-refractivity contribution is 0.276. The molecule has 0 radical (unpaired) electrons. The van der Waals surface area contributed by atoms with E-state index in [-0.39, 0.29) is 6.61 Å². The summed E-state index contributed by atoms with van der Waals surface area (Å²) in [4.78, 5) is 0. The zero-order valence-corrected chi connectivity index (χ0v) is 10.5. The van der Waals surface area contributed by atoms with Gasteiger partial charge in [-0.25, -0.2) is 0 Å². The first-order chi connectivity index (χ1) is 7.63. The van der Waals surface area contributed by atoms with E-state index in [1.807, 2.05) is 10.9 Å². The van der Waals surface area contributed by atoms with Crippen LogP contribution in [0.3, 0.4) is 0 Å². The first-order valence-corrected chi connectivity index (χ1v) is 6.00. The van der Waals surface area contributed by atoms with Crippen molar-refractivity contribution in [2.75, 3.05) is 6.61 Å². The highest BCUT2D eigenvalue weighted by atomic mass is 16.2. The standard InChI is InChI=1S/C12H23N3O/c1-10(2)15-9-12(8-14-15)7-13-11(3)5-4-6-16/h8-11,13,16H,4-7H2,1-3H3. The molecule has 2 N–H and O–H groups in total. The Kier molecular flexibility index (Phi) is 5.49. The van der Waals surface area contributed by atoms with Crippen LogP contribution in [0, 0.1) is 0 Å². The molecule has 0 amide bonds. The van der Waals surface area contributed by atoms with E-state index in [2.05, 4.69) is 37.4 Å². The van der Waals surface area contributed by atoms with Crippen LogP contribution in [0.1, 0.15) is 45.2 Å². The van der Waals surface area contributed by atoms with Crippen molar-refractivity contribution >= 4 is 0 Å². The highest BCUT2D eigenvalue weighted by molar-refractivity contribution is 5.03. The summed E-state index contributed by atoms with van der Waals surface area (Å²) in [6.07, 6.45) is 5.86. The lowest BCUT2D eigenvalue weighted by Crippen LogP contribution is -2.25. The van der Waals surface area contributed by atoms with Crippen molar-refractivity contribution in [1.82, 2.24) is 15.1 Å². The molecule has 0 saturated heterocycles. The molecular weight excluding hydrogens is 202 g/mol. The summed E-state index contributed by atoms with van der Waals surface area (Å²) in [5.74, 6) is 0. The third-order valence-electron chi connectivity index (χ3n) is 2.63. The zero-order chi connectivity index (χ0) is 12.0. The van der Waals surface area contributed by atoms with Crippen molar-refractivity contribution in [3.8, 4) is 0 Å². The Morgan fingerprint density at radius 2 is 2.19 bits per heavy atom. The third-order valence-corrected chi connectivity index (χ3v) is 2.63. The SMILES string of the molecule is CC(CCCO)NCc1cnn(C(C)C)c1. The molecule has 0 aliphatic carbocycles. The summed E-state index contributed by atoms with van der Waals surface area (Å²) >= 11 is 0. The quantitative estimate of drug-likeness (QED) is 0.743. The van der Waals surface area contributed by atoms with Crippen LogP contribution in [0.25, 0.3) is 0 Å². The van der Waals surface area contributed by atoms with Gasteiger partial charge in [-0.3, -0.25) is 4.68 Å². The Labute approximate surface area is 97.7 Å². The fraction of sp³-hybridized carbons (Fsp3) is 0.750. The fourth-order valence-electron chi connectivity index (χ4n) is 1.54. The maximum Gasteiger partial charge on any atom is 0.0534 e. The second kappa shape index (κ2) is 6.66. The third kappa shape index (κ3) is 4.33. The van der Waals surface area contributed by atoms with Crippen LogP contribution in [-0.4, -0.2) is 27.5 Å². The van der Waals surface area contributed by atoms with Gasteiger partial charge < -0.3 is 10.4 Å². The molecule has 0 bridgehead atoms. The topological polar surface area (TPSA) is 50.1 Å². The normalized spacial score (nSPS) is 13.3. The van der Waals surface area contributed by atoms with E-state index in [9.17, 15) is 0 Å². The molecule has 4 nitrogen and oxygen atoms in total. The fourth-order valence-corrected chi connectivity index (χ4v) is 1.54. The van der Waals surface area contributed by atoms with E-state index in [0.29, 0.717) is 12.1 Å². The van der Waals surface area contributed by atoms with E-state index >= 15 is 0 Å². The van der Waals surface area contributed by atoms with Crippen molar-refractivity contribution < 1.29 is 5.11 Å². The average molecular weight is 225 g/mol. The largest absolute Gasteiger partial charge is 0.396 e. The molecule has 0 spiro atoms. The van der Waals surface area contributed by atoms with Crippen LogP contribution in [0.4, 0.5) is 0 Å². The predicted molar refractivity (Wildman–Crippen MR) is 65.2 cm³/mol. The highest BCUT2D eigenvalue weighted by Crippen LogP contribution is 2.05. The zero-order valence-electron chi connectivity index (χ0n) is 10.5. The summed E-state index contributed by atoms with van der Waals surface area (Å²) in [7, 11) is 0. The molecule has 0 aromatic carbocycles. The van der Waals surface area contributed by atoms with Crippen molar-refractivity contribution in [3.05, 3.63) is 18.0 Å². The van der Waals surface area contributed by atoms with Crippen LogP contribution in [0.5, 0.6) is 0 Å². The minimum Gasteiger partial charge on any atom is -0.396 e. The molecule has 0 fully saturated rings. The van der Waals surface area contributed by atoms with E-state index in [4.69, 9.17) is 5.11 Å². The number of nitrogens with one attached hydrogen (secondary N) is 1. The van der Waals surface area contributed by atoms with Crippen LogP contribution in [-0.2, 0) is 6.54 Å². The molecule has 4 heteroatoms. The van der Waals surface area contributed by atoms with Crippen LogP contribution < -0.4 is 5.32 Å². The summed E-state index contributed by atoms with van der Waals surface area (Å²) in [5.41, 5.74) is 1.21. The second-order valence-corrected chi connectivity index (χ2v) is 4.57. The van der Waals surface area contributed by atoms with E-state index in [0.717, 1.165) is 19.4 Å². The lowest BCUT2D eigenvalue weighted by Gasteiger charge is -2.11. The molecular formula is C12H23N3O. The molecule has 1 aromatic rings. The molecule has 0 saturated carbocycles. The summed E-state index contributed by atoms with van der Waals surface area (Å²) in [5, 5.41) is 16.4. The lowest BCUT2D eigenvalue weighted by atomic mass is 10.2. The Bertz CT molecular complexity index is 296.